The Bertz CT molecular complexity index is 1070. The lowest BCUT2D eigenvalue weighted by atomic mass is 10.0. The topological polar surface area (TPSA) is 42.3 Å². The third-order valence-electron chi connectivity index (χ3n) is 6.47. The summed E-state index contributed by atoms with van der Waals surface area (Å²) < 4.78 is 8.25. The number of hydrogen-bond acceptors (Lipinski definition) is 3. The van der Waals surface area contributed by atoms with Crippen molar-refractivity contribution < 1.29 is 4.74 Å². The quantitative estimate of drug-likeness (QED) is 0.595. The lowest BCUT2D eigenvalue weighted by Crippen LogP contribution is -2.36. The highest BCUT2D eigenvalue weighted by molar-refractivity contribution is 7.80. The fourth-order valence-electron chi connectivity index (χ4n) is 4.68. The second-order valence-electron chi connectivity index (χ2n) is 8.49. The fourth-order valence-corrected chi connectivity index (χ4v) is 4.99. The van der Waals surface area contributed by atoms with Crippen molar-refractivity contribution >= 4 is 17.3 Å². The van der Waals surface area contributed by atoms with Crippen LogP contribution in [0.1, 0.15) is 47.4 Å². The molecule has 2 aliphatic heterocycles. The van der Waals surface area contributed by atoms with Gasteiger partial charge in [0.2, 0.25) is 0 Å². The van der Waals surface area contributed by atoms with E-state index in [-0.39, 0.29) is 18.2 Å². The lowest BCUT2D eigenvalue weighted by molar-refractivity contribution is 0.0836. The molecule has 6 heteroatoms. The Labute approximate surface area is 189 Å². The average Bonchev–Trinajstić information content (AvgIpc) is 3.52. The normalized spacial score (nSPS) is 23.4. The first kappa shape index (κ1) is 20.2. The summed E-state index contributed by atoms with van der Waals surface area (Å²) in [5, 5.41) is 4.33. The zero-order valence-electron chi connectivity index (χ0n) is 18.0. The van der Waals surface area contributed by atoms with Gasteiger partial charge in [0.15, 0.2) is 5.11 Å². The van der Waals surface area contributed by atoms with Gasteiger partial charge in [-0.1, -0.05) is 12.1 Å². The van der Waals surface area contributed by atoms with Gasteiger partial charge in [-0.3, -0.25) is 4.98 Å². The molecule has 3 atom stereocenters. The summed E-state index contributed by atoms with van der Waals surface area (Å²) in [5.74, 6) is 0. The number of nitrogens with zero attached hydrogens (tertiary/aromatic N) is 3. The second kappa shape index (κ2) is 8.44. The molecule has 2 aromatic heterocycles. The number of rotatable bonds is 5. The first-order valence-corrected chi connectivity index (χ1v) is 11.4. The van der Waals surface area contributed by atoms with Gasteiger partial charge in [-0.05, 0) is 86.4 Å². The molecule has 0 unspecified atom stereocenters. The summed E-state index contributed by atoms with van der Waals surface area (Å²) >= 11 is 5.82. The average molecular weight is 433 g/mol. The van der Waals surface area contributed by atoms with Gasteiger partial charge >= 0.3 is 0 Å². The molecule has 0 aliphatic carbocycles. The Kier molecular flexibility index (Phi) is 5.50. The number of ether oxygens (including phenoxy) is 1. The molecule has 0 amide bonds. The van der Waals surface area contributed by atoms with Gasteiger partial charge in [0.25, 0.3) is 0 Å². The van der Waals surface area contributed by atoms with Gasteiger partial charge < -0.3 is 19.5 Å². The molecule has 5 nitrogen and oxygen atoms in total. The predicted molar refractivity (Wildman–Crippen MR) is 126 cm³/mol. The van der Waals surface area contributed by atoms with Crippen molar-refractivity contribution in [3.05, 3.63) is 83.4 Å². The van der Waals surface area contributed by atoms with Crippen LogP contribution in [0.4, 0.5) is 0 Å². The number of aromatic nitrogens is 2. The van der Waals surface area contributed by atoms with Gasteiger partial charge in [-0.15, -0.1) is 0 Å². The molecule has 5 rings (SSSR count). The first-order chi connectivity index (χ1) is 15.1. The van der Waals surface area contributed by atoms with Crippen molar-refractivity contribution in [3.63, 3.8) is 0 Å². The van der Waals surface area contributed by atoms with Crippen molar-refractivity contribution in [2.45, 2.75) is 44.9 Å². The van der Waals surface area contributed by atoms with Gasteiger partial charge in [-0.25, -0.2) is 0 Å². The summed E-state index contributed by atoms with van der Waals surface area (Å²) in [7, 11) is 0. The molecule has 1 N–H and O–H groups in total. The summed E-state index contributed by atoms with van der Waals surface area (Å²) in [5.41, 5.74) is 5.95. The Morgan fingerprint density at radius 1 is 1.13 bits per heavy atom. The van der Waals surface area contributed by atoms with E-state index in [1.807, 2.05) is 18.3 Å². The van der Waals surface area contributed by atoms with Crippen molar-refractivity contribution in [3.8, 4) is 5.69 Å². The van der Waals surface area contributed by atoms with Crippen LogP contribution in [0.15, 0.2) is 60.9 Å². The lowest BCUT2D eigenvalue weighted by Gasteiger charge is -2.30. The Hall–Kier alpha value is -2.70. The Balaban J connectivity index is 1.57. The van der Waals surface area contributed by atoms with Crippen LogP contribution in [0.3, 0.4) is 0 Å². The zero-order chi connectivity index (χ0) is 21.4. The maximum atomic E-state index is 5.96. The minimum absolute atomic E-state index is 0.0182. The second-order valence-corrected chi connectivity index (χ2v) is 8.87. The van der Waals surface area contributed by atoms with E-state index < -0.39 is 0 Å². The fraction of sp³-hybridized carbons (Fsp3) is 0.360. The molecule has 0 radical (unpaired) electrons. The van der Waals surface area contributed by atoms with Crippen LogP contribution in [-0.4, -0.2) is 38.8 Å². The maximum absolute atomic E-state index is 5.96. The van der Waals surface area contributed by atoms with Crippen LogP contribution < -0.4 is 5.32 Å². The van der Waals surface area contributed by atoms with Crippen molar-refractivity contribution in [2.75, 3.05) is 13.2 Å². The molecule has 2 saturated heterocycles. The molecular weight excluding hydrogens is 404 g/mol. The van der Waals surface area contributed by atoms with E-state index in [1.54, 1.807) is 0 Å². The highest BCUT2D eigenvalue weighted by Crippen LogP contribution is 2.40. The van der Waals surface area contributed by atoms with Gasteiger partial charge in [0.1, 0.15) is 0 Å². The van der Waals surface area contributed by atoms with Crippen LogP contribution >= 0.6 is 12.2 Å². The molecular formula is C25H28N4OS. The van der Waals surface area contributed by atoms with Crippen LogP contribution in [0, 0.1) is 13.8 Å². The predicted octanol–water partition coefficient (Wildman–Crippen LogP) is 4.64. The molecule has 2 aliphatic rings. The third kappa shape index (κ3) is 3.86. The monoisotopic (exact) mass is 432 g/mol. The summed E-state index contributed by atoms with van der Waals surface area (Å²) in [6, 6.07) is 17.0. The first-order valence-electron chi connectivity index (χ1n) is 11.0. The molecule has 0 bridgehead atoms. The van der Waals surface area contributed by atoms with E-state index in [4.69, 9.17) is 17.0 Å². The van der Waals surface area contributed by atoms with E-state index >= 15 is 0 Å². The summed E-state index contributed by atoms with van der Waals surface area (Å²) in [6.07, 6.45) is 6.40. The maximum Gasteiger partial charge on any atom is 0.170 e. The summed E-state index contributed by atoms with van der Waals surface area (Å²) in [4.78, 5) is 6.96. The van der Waals surface area contributed by atoms with E-state index in [0.29, 0.717) is 0 Å². The number of thiocarbonyl (C=S) groups is 1. The van der Waals surface area contributed by atoms with E-state index in [1.165, 1.54) is 16.8 Å². The molecule has 31 heavy (non-hydrogen) atoms. The number of aryl methyl sites for hydroxylation is 2. The number of pyridine rings is 1. The van der Waals surface area contributed by atoms with Crippen LogP contribution in [-0.2, 0) is 4.74 Å². The zero-order valence-corrected chi connectivity index (χ0v) is 18.8. The highest BCUT2D eigenvalue weighted by Gasteiger charge is 2.42. The third-order valence-corrected chi connectivity index (χ3v) is 6.83. The molecule has 4 heterocycles. The number of hydrogen-bond donors (Lipinski definition) is 1. The van der Waals surface area contributed by atoms with E-state index in [2.05, 4.69) is 76.2 Å². The smallest absolute Gasteiger partial charge is 0.170 e. The van der Waals surface area contributed by atoms with Gasteiger partial charge in [-0.2, -0.15) is 0 Å². The van der Waals surface area contributed by atoms with Crippen LogP contribution in [0.5, 0.6) is 0 Å². The molecule has 160 valence electrons. The molecule has 3 aromatic rings. The minimum Gasteiger partial charge on any atom is -0.376 e. The molecule has 1 aromatic carbocycles. The highest BCUT2D eigenvalue weighted by atomic mass is 32.1. The number of benzene rings is 1. The largest absolute Gasteiger partial charge is 0.376 e. The van der Waals surface area contributed by atoms with Crippen molar-refractivity contribution in [1.82, 2.24) is 19.8 Å². The Morgan fingerprint density at radius 2 is 2.03 bits per heavy atom. The van der Waals surface area contributed by atoms with E-state index in [9.17, 15) is 0 Å². The van der Waals surface area contributed by atoms with Crippen molar-refractivity contribution in [2.24, 2.45) is 0 Å². The van der Waals surface area contributed by atoms with Crippen LogP contribution in [0.2, 0.25) is 0 Å². The SMILES string of the molecule is Cc1ccc(-n2cccc2[C@@H]2[C@H](c3ccccn3)NC(=S)N2C[C@H]2CCCO2)cc1C. The molecule has 0 spiro atoms. The standard InChI is InChI=1S/C25H28N4OS/c1-17-10-11-19(15-18(17)2)28-13-5-9-22(28)24-23(21-8-3-4-12-26-21)27-25(31)29(24)16-20-7-6-14-30-20/h3-5,8-13,15,20,23-24H,6-7,14,16H2,1-2H3,(H,27,31)/t20-,23+,24-/m1/s1. The van der Waals surface area contributed by atoms with Gasteiger partial charge in [0.05, 0.1) is 23.9 Å². The Morgan fingerprint density at radius 3 is 2.77 bits per heavy atom. The minimum atomic E-state index is -0.0182. The summed E-state index contributed by atoms with van der Waals surface area (Å²) in [6.45, 7) is 5.94. The van der Waals surface area contributed by atoms with Crippen LogP contribution in [0.25, 0.3) is 5.69 Å². The van der Waals surface area contributed by atoms with Gasteiger partial charge in [0, 0.05) is 36.9 Å². The van der Waals surface area contributed by atoms with Crippen molar-refractivity contribution in [1.29, 1.82) is 0 Å². The molecule has 0 saturated carbocycles. The van der Waals surface area contributed by atoms with E-state index in [0.717, 1.165) is 42.5 Å². The molecule has 2 fully saturated rings. The number of nitrogens with one attached hydrogen (secondary N) is 1.